The average Bonchev–Trinajstić information content (AvgIpc) is 2.26. The van der Waals surface area contributed by atoms with E-state index < -0.39 is 11.9 Å². The van der Waals surface area contributed by atoms with Crippen molar-refractivity contribution < 1.29 is 19.1 Å². The summed E-state index contributed by atoms with van der Waals surface area (Å²) in [4.78, 5) is 26.3. The Morgan fingerprint density at radius 1 is 1.00 bits per heavy atom. The molecular formula is C9H7NO4. The highest BCUT2D eigenvalue weighted by Gasteiger charge is 2.16. The molecule has 0 unspecified atom stereocenters. The fourth-order valence-corrected chi connectivity index (χ4v) is 1.08. The van der Waals surface area contributed by atoms with Crippen LogP contribution >= 0.6 is 0 Å². The van der Waals surface area contributed by atoms with Gasteiger partial charge in [0.05, 0.1) is 0 Å². The highest BCUT2D eigenvalue weighted by atomic mass is 16.6. The number of hydrogen-bond donors (Lipinski definition) is 0. The van der Waals surface area contributed by atoms with E-state index in [9.17, 15) is 9.59 Å². The Labute approximate surface area is 79.7 Å². The molecule has 14 heavy (non-hydrogen) atoms. The first-order chi connectivity index (χ1) is 6.77. The van der Waals surface area contributed by atoms with E-state index in [0.29, 0.717) is 0 Å². The zero-order chi connectivity index (χ0) is 9.97. The van der Waals surface area contributed by atoms with Crippen LogP contribution in [0.25, 0.3) is 0 Å². The number of pyridine rings is 1. The molecule has 0 spiro atoms. The maximum absolute atomic E-state index is 11.2. The summed E-state index contributed by atoms with van der Waals surface area (Å²) in [5, 5.41) is 0. The van der Waals surface area contributed by atoms with Gasteiger partial charge in [0, 0.05) is 0 Å². The molecule has 0 saturated carbocycles. The molecule has 0 atom stereocenters. The van der Waals surface area contributed by atoms with Crippen molar-refractivity contribution in [1.29, 1.82) is 0 Å². The second kappa shape index (κ2) is 3.45. The van der Waals surface area contributed by atoms with Crippen LogP contribution < -0.4 is 0 Å². The first-order valence-corrected chi connectivity index (χ1v) is 4.09. The monoisotopic (exact) mass is 193 g/mol. The van der Waals surface area contributed by atoms with Crippen LogP contribution in [-0.4, -0.2) is 30.1 Å². The van der Waals surface area contributed by atoms with Gasteiger partial charge in [-0.3, -0.25) is 0 Å². The Bertz CT molecular complexity index is 355. The van der Waals surface area contributed by atoms with Crippen molar-refractivity contribution in [3.05, 3.63) is 29.6 Å². The van der Waals surface area contributed by atoms with E-state index in [1.54, 1.807) is 6.07 Å². The third kappa shape index (κ3) is 1.56. The summed E-state index contributed by atoms with van der Waals surface area (Å²) in [6.07, 6.45) is 0. The molecule has 1 aliphatic rings. The Balaban J connectivity index is 2.43. The summed E-state index contributed by atoms with van der Waals surface area (Å²) in [7, 11) is 0. The summed E-state index contributed by atoms with van der Waals surface area (Å²) >= 11 is 0. The number of carbonyl (C=O) groups excluding carboxylic acids is 2. The molecule has 2 bridgehead atoms. The van der Waals surface area contributed by atoms with Gasteiger partial charge in [-0.15, -0.1) is 0 Å². The van der Waals surface area contributed by atoms with Gasteiger partial charge in [0.1, 0.15) is 24.6 Å². The lowest BCUT2D eigenvalue weighted by Gasteiger charge is -2.00. The van der Waals surface area contributed by atoms with Crippen molar-refractivity contribution in [2.75, 3.05) is 13.2 Å². The molecule has 0 amide bonds. The molecule has 0 aromatic carbocycles. The van der Waals surface area contributed by atoms with E-state index in [0.717, 1.165) is 0 Å². The fourth-order valence-electron chi connectivity index (χ4n) is 1.08. The molecular weight excluding hydrogens is 186 g/mol. The molecule has 0 saturated heterocycles. The van der Waals surface area contributed by atoms with Crippen LogP contribution in [0.5, 0.6) is 0 Å². The van der Waals surface area contributed by atoms with E-state index in [4.69, 9.17) is 9.47 Å². The highest BCUT2D eigenvalue weighted by molar-refractivity contribution is 5.91. The molecule has 1 aliphatic heterocycles. The summed E-state index contributed by atoms with van der Waals surface area (Å²) in [6, 6.07) is 4.54. The van der Waals surface area contributed by atoms with Gasteiger partial charge in [-0.25, -0.2) is 14.6 Å². The topological polar surface area (TPSA) is 65.5 Å². The van der Waals surface area contributed by atoms with Crippen LogP contribution in [0.2, 0.25) is 0 Å². The predicted molar refractivity (Wildman–Crippen MR) is 44.8 cm³/mol. The summed E-state index contributed by atoms with van der Waals surface area (Å²) in [6.45, 7) is 0.120. The molecule has 1 aromatic heterocycles. The molecule has 0 N–H and O–H groups in total. The lowest BCUT2D eigenvalue weighted by molar-refractivity contribution is 0.0277. The van der Waals surface area contributed by atoms with Crippen molar-refractivity contribution in [3.8, 4) is 0 Å². The fraction of sp³-hybridized carbons (Fsp3) is 0.222. The largest absolute Gasteiger partial charge is 0.457 e. The number of nitrogens with zero attached hydrogens (tertiary/aromatic N) is 1. The molecule has 2 rings (SSSR count). The molecule has 2 heterocycles. The standard InChI is InChI=1S/C9H7NO4/c11-8-6-2-1-3-7(10-6)9(12)14-5-4-13-8/h1-3H,4-5H2. The molecule has 1 aromatic rings. The van der Waals surface area contributed by atoms with Crippen molar-refractivity contribution in [1.82, 2.24) is 4.98 Å². The molecule has 5 heteroatoms. The smallest absolute Gasteiger partial charge is 0.357 e. The van der Waals surface area contributed by atoms with Crippen LogP contribution in [0.3, 0.4) is 0 Å². The van der Waals surface area contributed by atoms with Crippen molar-refractivity contribution >= 4 is 11.9 Å². The zero-order valence-electron chi connectivity index (χ0n) is 7.23. The number of carbonyl (C=O) groups is 2. The van der Waals surface area contributed by atoms with Crippen LogP contribution in [0.15, 0.2) is 18.2 Å². The predicted octanol–water partition coefficient (Wildman–Crippen LogP) is 0.409. The Hall–Kier alpha value is -1.91. The van der Waals surface area contributed by atoms with Crippen LogP contribution in [-0.2, 0) is 9.47 Å². The van der Waals surface area contributed by atoms with Gasteiger partial charge in [-0.1, -0.05) is 6.07 Å². The highest BCUT2D eigenvalue weighted by Crippen LogP contribution is 2.05. The van der Waals surface area contributed by atoms with Gasteiger partial charge < -0.3 is 9.47 Å². The zero-order valence-corrected chi connectivity index (χ0v) is 7.23. The van der Waals surface area contributed by atoms with E-state index >= 15 is 0 Å². The Morgan fingerprint density at radius 2 is 1.50 bits per heavy atom. The minimum Gasteiger partial charge on any atom is -0.457 e. The number of rotatable bonds is 0. The van der Waals surface area contributed by atoms with Crippen LogP contribution in [0.1, 0.15) is 21.0 Å². The second-order valence-electron chi connectivity index (χ2n) is 2.68. The van der Waals surface area contributed by atoms with Crippen LogP contribution in [0, 0.1) is 0 Å². The van der Waals surface area contributed by atoms with Gasteiger partial charge in [0.15, 0.2) is 0 Å². The number of hydrogen-bond acceptors (Lipinski definition) is 5. The molecule has 0 aliphatic carbocycles. The number of aromatic nitrogens is 1. The third-order valence-electron chi connectivity index (χ3n) is 1.72. The van der Waals surface area contributed by atoms with Gasteiger partial charge in [-0.2, -0.15) is 0 Å². The van der Waals surface area contributed by atoms with Gasteiger partial charge in [0.25, 0.3) is 0 Å². The number of ether oxygens (including phenoxy) is 2. The maximum Gasteiger partial charge on any atom is 0.357 e. The summed E-state index contributed by atoms with van der Waals surface area (Å²) < 4.78 is 9.54. The number of cyclic esters (lactones) is 2. The van der Waals surface area contributed by atoms with Gasteiger partial charge in [0.2, 0.25) is 0 Å². The lowest BCUT2D eigenvalue weighted by atomic mass is 10.3. The number of esters is 2. The molecule has 0 radical (unpaired) electrons. The van der Waals surface area contributed by atoms with E-state index in [2.05, 4.69) is 4.98 Å². The molecule has 0 fully saturated rings. The Kier molecular flexibility index (Phi) is 2.14. The SMILES string of the molecule is O=C1OCCOC(=O)c2cccc1n2. The minimum absolute atomic E-state index is 0.0602. The quantitative estimate of drug-likeness (QED) is 0.558. The Morgan fingerprint density at radius 3 is 2.00 bits per heavy atom. The van der Waals surface area contributed by atoms with Crippen molar-refractivity contribution in [2.45, 2.75) is 0 Å². The average molecular weight is 193 g/mol. The van der Waals surface area contributed by atoms with Gasteiger partial charge >= 0.3 is 11.9 Å². The maximum atomic E-state index is 11.2. The lowest BCUT2D eigenvalue weighted by Crippen LogP contribution is -2.10. The summed E-state index contributed by atoms with van der Waals surface area (Å²) in [5.41, 5.74) is 0.253. The van der Waals surface area contributed by atoms with Crippen molar-refractivity contribution in [2.24, 2.45) is 0 Å². The van der Waals surface area contributed by atoms with Crippen LogP contribution in [0.4, 0.5) is 0 Å². The van der Waals surface area contributed by atoms with E-state index in [1.807, 2.05) is 0 Å². The molecule has 5 nitrogen and oxygen atoms in total. The number of fused-ring (bicyclic) bond motifs is 2. The van der Waals surface area contributed by atoms with E-state index in [1.165, 1.54) is 12.1 Å². The second-order valence-corrected chi connectivity index (χ2v) is 2.68. The van der Waals surface area contributed by atoms with Crippen molar-refractivity contribution in [3.63, 3.8) is 0 Å². The minimum atomic E-state index is -0.537. The normalized spacial score (nSPS) is 16.0. The summed E-state index contributed by atoms with van der Waals surface area (Å²) in [5.74, 6) is -1.07. The van der Waals surface area contributed by atoms with Gasteiger partial charge in [-0.05, 0) is 12.1 Å². The first kappa shape index (κ1) is 8.68. The first-order valence-electron chi connectivity index (χ1n) is 4.09. The molecule has 72 valence electrons. The van der Waals surface area contributed by atoms with E-state index in [-0.39, 0.29) is 24.6 Å². The third-order valence-corrected chi connectivity index (χ3v) is 1.72.